The second kappa shape index (κ2) is 6.71. The molecule has 1 aromatic heterocycles. The lowest BCUT2D eigenvalue weighted by molar-refractivity contribution is -0.128. The van der Waals surface area contributed by atoms with Crippen molar-refractivity contribution in [3.63, 3.8) is 0 Å². The zero-order valence-electron chi connectivity index (χ0n) is 14.4. The van der Waals surface area contributed by atoms with Gasteiger partial charge in [-0.05, 0) is 24.6 Å². The van der Waals surface area contributed by atoms with E-state index < -0.39 is 0 Å². The smallest absolute Gasteiger partial charge is 0.232 e. The van der Waals surface area contributed by atoms with Crippen molar-refractivity contribution in [2.45, 2.75) is 25.8 Å². The summed E-state index contributed by atoms with van der Waals surface area (Å²) in [5.41, 5.74) is 2.94. The van der Waals surface area contributed by atoms with Gasteiger partial charge >= 0.3 is 0 Å². The van der Waals surface area contributed by atoms with E-state index in [-0.39, 0.29) is 17.6 Å². The highest BCUT2D eigenvalue weighted by Gasteiger charge is 2.34. The van der Waals surface area contributed by atoms with Gasteiger partial charge < -0.3 is 9.42 Å². The molecular weight excluding hydrogens is 333 g/mol. The van der Waals surface area contributed by atoms with Gasteiger partial charge in [0.05, 0.1) is 5.92 Å². The van der Waals surface area contributed by atoms with Crippen molar-refractivity contribution in [1.29, 1.82) is 0 Å². The van der Waals surface area contributed by atoms with E-state index in [9.17, 15) is 9.18 Å². The van der Waals surface area contributed by atoms with Crippen LogP contribution in [-0.4, -0.2) is 27.5 Å². The van der Waals surface area contributed by atoms with Crippen LogP contribution in [0.5, 0.6) is 0 Å². The summed E-state index contributed by atoms with van der Waals surface area (Å²) in [5, 5.41) is 4.05. The first kappa shape index (κ1) is 16.4. The number of hydrogen-bond donors (Lipinski definition) is 0. The fourth-order valence-corrected chi connectivity index (χ4v) is 3.12. The molecule has 2 heterocycles. The van der Waals surface area contributed by atoms with Crippen LogP contribution in [0, 0.1) is 12.7 Å². The molecule has 0 aliphatic carbocycles. The third kappa shape index (κ3) is 3.35. The van der Waals surface area contributed by atoms with E-state index in [0.29, 0.717) is 31.2 Å². The van der Waals surface area contributed by atoms with Crippen molar-refractivity contribution in [2.24, 2.45) is 0 Å². The molecular formula is C20H18FN3O2. The Morgan fingerprint density at radius 3 is 2.62 bits per heavy atom. The molecule has 6 heteroatoms. The lowest BCUT2D eigenvalue weighted by atomic mass is 10.1. The van der Waals surface area contributed by atoms with Gasteiger partial charge in [-0.2, -0.15) is 4.98 Å². The summed E-state index contributed by atoms with van der Waals surface area (Å²) in [5.74, 6) is 0.651. The second-order valence-corrected chi connectivity index (χ2v) is 6.62. The first-order valence-electron chi connectivity index (χ1n) is 8.51. The van der Waals surface area contributed by atoms with Gasteiger partial charge in [0, 0.05) is 25.1 Å². The molecule has 2 aromatic carbocycles. The summed E-state index contributed by atoms with van der Waals surface area (Å²) in [7, 11) is 0. The van der Waals surface area contributed by atoms with Gasteiger partial charge in [0.25, 0.3) is 0 Å². The summed E-state index contributed by atoms with van der Waals surface area (Å²) in [6.07, 6.45) is 0.344. The van der Waals surface area contributed by atoms with Crippen molar-refractivity contribution in [3.05, 3.63) is 71.4 Å². The molecule has 0 radical (unpaired) electrons. The van der Waals surface area contributed by atoms with E-state index >= 15 is 0 Å². The zero-order valence-corrected chi connectivity index (χ0v) is 14.4. The molecule has 1 aliphatic heterocycles. The van der Waals surface area contributed by atoms with Crippen LogP contribution in [0.1, 0.15) is 29.4 Å². The quantitative estimate of drug-likeness (QED) is 0.719. The van der Waals surface area contributed by atoms with Crippen LogP contribution in [0.4, 0.5) is 4.39 Å². The van der Waals surface area contributed by atoms with Crippen LogP contribution >= 0.6 is 0 Å². The van der Waals surface area contributed by atoms with Crippen LogP contribution < -0.4 is 0 Å². The summed E-state index contributed by atoms with van der Waals surface area (Å²) in [4.78, 5) is 18.5. The number of aryl methyl sites for hydroxylation is 1. The topological polar surface area (TPSA) is 59.2 Å². The van der Waals surface area contributed by atoms with Crippen molar-refractivity contribution in [3.8, 4) is 11.4 Å². The average molecular weight is 351 g/mol. The average Bonchev–Trinajstić information content (AvgIpc) is 3.25. The Kier molecular flexibility index (Phi) is 4.24. The fraction of sp³-hybridized carbons (Fsp3) is 0.250. The van der Waals surface area contributed by atoms with Crippen LogP contribution in [-0.2, 0) is 11.3 Å². The number of halogens is 1. The number of carbonyl (C=O) groups is 1. The molecule has 1 unspecified atom stereocenters. The van der Waals surface area contributed by atoms with E-state index in [2.05, 4.69) is 10.1 Å². The number of carbonyl (C=O) groups excluding carboxylic acids is 1. The van der Waals surface area contributed by atoms with Gasteiger partial charge in [-0.3, -0.25) is 4.79 Å². The van der Waals surface area contributed by atoms with Crippen molar-refractivity contribution in [1.82, 2.24) is 15.0 Å². The highest BCUT2D eigenvalue weighted by molar-refractivity contribution is 5.79. The van der Waals surface area contributed by atoms with Crippen LogP contribution in [0.15, 0.2) is 53.1 Å². The van der Waals surface area contributed by atoms with Gasteiger partial charge in [-0.25, -0.2) is 4.39 Å². The third-order valence-electron chi connectivity index (χ3n) is 4.60. The highest BCUT2D eigenvalue weighted by Crippen LogP contribution is 2.29. The summed E-state index contributed by atoms with van der Waals surface area (Å²) in [6, 6.07) is 14.1. The Labute approximate surface area is 150 Å². The Morgan fingerprint density at radius 1 is 1.15 bits per heavy atom. The molecule has 1 amide bonds. The van der Waals surface area contributed by atoms with Gasteiger partial charge in [-0.1, -0.05) is 47.1 Å². The first-order chi connectivity index (χ1) is 12.6. The van der Waals surface area contributed by atoms with Gasteiger partial charge in [0.1, 0.15) is 5.82 Å². The predicted molar refractivity (Wildman–Crippen MR) is 93.6 cm³/mol. The Balaban J connectivity index is 1.47. The van der Waals surface area contributed by atoms with Crippen LogP contribution in [0.25, 0.3) is 11.4 Å². The Bertz CT molecular complexity index is 919. The predicted octanol–water partition coefficient (Wildman–Crippen LogP) is 3.70. The van der Waals surface area contributed by atoms with Crippen molar-refractivity contribution in [2.75, 3.05) is 6.54 Å². The normalized spacial score (nSPS) is 17.1. The largest absolute Gasteiger partial charge is 0.339 e. The van der Waals surface area contributed by atoms with E-state index in [0.717, 1.165) is 16.7 Å². The Hall–Kier alpha value is -3.02. The van der Waals surface area contributed by atoms with Gasteiger partial charge in [0.15, 0.2) is 0 Å². The van der Waals surface area contributed by atoms with Gasteiger partial charge in [-0.15, -0.1) is 0 Å². The molecule has 26 heavy (non-hydrogen) atoms. The molecule has 5 nitrogen and oxygen atoms in total. The third-order valence-corrected chi connectivity index (χ3v) is 4.60. The molecule has 132 valence electrons. The minimum atomic E-state index is -0.283. The fourth-order valence-electron chi connectivity index (χ4n) is 3.12. The maximum absolute atomic E-state index is 13.0. The summed E-state index contributed by atoms with van der Waals surface area (Å²) < 4.78 is 18.4. The number of hydrogen-bond acceptors (Lipinski definition) is 4. The standard InChI is InChI=1S/C20H18FN3O2/c1-13-2-6-15(7-3-13)19-22-20(26-23-19)16-10-18(25)24(12-16)11-14-4-8-17(21)9-5-14/h2-9,16H,10-12H2,1H3. The number of aromatic nitrogens is 2. The molecule has 1 aliphatic rings. The van der Waals surface area contributed by atoms with Gasteiger partial charge in [0.2, 0.25) is 17.6 Å². The molecule has 3 aromatic rings. The molecule has 4 rings (SSSR count). The minimum absolute atomic E-state index is 0.0365. The first-order valence-corrected chi connectivity index (χ1v) is 8.51. The SMILES string of the molecule is Cc1ccc(-c2noc(C3CC(=O)N(Cc4ccc(F)cc4)C3)n2)cc1. The Morgan fingerprint density at radius 2 is 1.88 bits per heavy atom. The van der Waals surface area contributed by atoms with E-state index in [1.165, 1.54) is 12.1 Å². The van der Waals surface area contributed by atoms with E-state index in [1.54, 1.807) is 17.0 Å². The summed E-state index contributed by atoms with van der Waals surface area (Å²) >= 11 is 0. The zero-order chi connectivity index (χ0) is 18.1. The number of benzene rings is 2. The lowest BCUT2D eigenvalue weighted by Crippen LogP contribution is -2.24. The number of likely N-dealkylation sites (tertiary alicyclic amines) is 1. The second-order valence-electron chi connectivity index (χ2n) is 6.62. The number of rotatable bonds is 4. The van der Waals surface area contributed by atoms with Crippen LogP contribution in [0.2, 0.25) is 0 Å². The minimum Gasteiger partial charge on any atom is -0.339 e. The summed E-state index contributed by atoms with van der Waals surface area (Å²) in [6.45, 7) is 2.99. The lowest BCUT2D eigenvalue weighted by Gasteiger charge is -2.15. The molecule has 1 fully saturated rings. The van der Waals surface area contributed by atoms with Crippen molar-refractivity contribution >= 4 is 5.91 Å². The molecule has 1 saturated heterocycles. The molecule has 0 bridgehead atoms. The molecule has 0 saturated carbocycles. The van der Waals surface area contributed by atoms with Crippen LogP contribution in [0.3, 0.4) is 0 Å². The van der Waals surface area contributed by atoms with E-state index in [4.69, 9.17) is 4.52 Å². The highest BCUT2D eigenvalue weighted by atomic mass is 19.1. The maximum atomic E-state index is 13.0. The monoisotopic (exact) mass is 351 g/mol. The number of amides is 1. The number of nitrogens with zero attached hydrogens (tertiary/aromatic N) is 3. The molecule has 1 atom stereocenters. The van der Waals surface area contributed by atoms with Crippen molar-refractivity contribution < 1.29 is 13.7 Å². The maximum Gasteiger partial charge on any atom is 0.232 e. The molecule has 0 spiro atoms. The van der Waals surface area contributed by atoms with E-state index in [1.807, 2.05) is 31.2 Å². The molecule has 0 N–H and O–H groups in total.